The molecule has 1 unspecified atom stereocenters. The second-order valence-electron chi connectivity index (χ2n) is 5.49. The van der Waals surface area contributed by atoms with Crippen LogP contribution in [0, 0.1) is 10.1 Å². The monoisotopic (exact) mass is 382 g/mol. The molecule has 1 N–H and O–H groups in total. The van der Waals surface area contributed by atoms with Crippen LogP contribution in [0.3, 0.4) is 0 Å². The molecule has 2 heterocycles. The van der Waals surface area contributed by atoms with E-state index in [1.807, 2.05) is 0 Å². The maximum atomic E-state index is 13.2. The third-order valence-electron chi connectivity index (χ3n) is 3.97. The average molecular weight is 383 g/mol. The summed E-state index contributed by atoms with van der Waals surface area (Å²) in [7, 11) is -4.12. The highest BCUT2D eigenvalue weighted by Gasteiger charge is 2.38. The molecule has 1 atom stereocenters. The van der Waals surface area contributed by atoms with E-state index in [4.69, 9.17) is 11.6 Å². The van der Waals surface area contributed by atoms with E-state index in [0.29, 0.717) is 18.7 Å². The molecule has 25 heavy (non-hydrogen) atoms. The van der Waals surface area contributed by atoms with Gasteiger partial charge in [0.2, 0.25) is 0 Å². The van der Waals surface area contributed by atoms with Gasteiger partial charge in [-0.05, 0) is 23.8 Å². The van der Waals surface area contributed by atoms with E-state index in [0.717, 1.165) is 12.1 Å². The number of hydrogen-bond donors (Lipinski definition) is 1. The third-order valence-corrected chi connectivity index (χ3v) is 6.14. The van der Waals surface area contributed by atoms with E-state index in [1.54, 1.807) is 24.5 Å². The van der Waals surface area contributed by atoms with Gasteiger partial charge in [-0.1, -0.05) is 17.7 Å². The molecule has 0 radical (unpaired) electrons. The van der Waals surface area contributed by atoms with E-state index in [2.05, 4.69) is 10.3 Å². The molecule has 0 aliphatic carbocycles. The van der Waals surface area contributed by atoms with Crippen LogP contribution in [0.25, 0.3) is 0 Å². The Balaban J connectivity index is 2.09. The van der Waals surface area contributed by atoms with Gasteiger partial charge in [0.15, 0.2) is 4.90 Å². The molecular formula is C15H15ClN4O4S. The summed E-state index contributed by atoms with van der Waals surface area (Å²) in [5.41, 5.74) is 0.218. The molecule has 132 valence electrons. The van der Waals surface area contributed by atoms with Crippen molar-refractivity contribution in [3.8, 4) is 0 Å². The largest absolute Gasteiger partial charge is 0.313 e. The first kappa shape index (κ1) is 17.7. The highest BCUT2D eigenvalue weighted by molar-refractivity contribution is 7.89. The van der Waals surface area contributed by atoms with Gasteiger partial charge < -0.3 is 5.32 Å². The molecule has 3 rings (SSSR count). The number of nitrogens with zero attached hydrogens (tertiary/aromatic N) is 3. The van der Waals surface area contributed by atoms with Crippen LogP contribution in [0.1, 0.15) is 11.6 Å². The molecule has 0 bridgehead atoms. The number of nitrogens with one attached hydrogen (secondary N) is 1. The van der Waals surface area contributed by atoms with Gasteiger partial charge in [-0.3, -0.25) is 15.1 Å². The Morgan fingerprint density at radius 1 is 1.36 bits per heavy atom. The number of benzene rings is 1. The number of piperazine rings is 1. The zero-order valence-corrected chi connectivity index (χ0v) is 14.6. The van der Waals surface area contributed by atoms with E-state index in [9.17, 15) is 18.5 Å². The zero-order chi connectivity index (χ0) is 18.0. The molecule has 0 amide bonds. The van der Waals surface area contributed by atoms with Crippen LogP contribution < -0.4 is 5.32 Å². The van der Waals surface area contributed by atoms with Gasteiger partial charge in [0.25, 0.3) is 15.7 Å². The van der Waals surface area contributed by atoms with Crippen molar-refractivity contribution in [1.82, 2.24) is 14.6 Å². The average Bonchev–Trinajstić information content (AvgIpc) is 2.62. The number of aromatic nitrogens is 1. The minimum atomic E-state index is -4.12. The summed E-state index contributed by atoms with van der Waals surface area (Å²) < 4.78 is 27.6. The van der Waals surface area contributed by atoms with Crippen molar-refractivity contribution in [2.75, 3.05) is 19.6 Å². The summed E-state index contributed by atoms with van der Waals surface area (Å²) in [4.78, 5) is 14.2. The van der Waals surface area contributed by atoms with Crippen molar-refractivity contribution in [1.29, 1.82) is 0 Å². The number of pyridine rings is 1. The summed E-state index contributed by atoms with van der Waals surface area (Å²) in [5.74, 6) is 0. The second-order valence-corrected chi connectivity index (χ2v) is 7.79. The van der Waals surface area contributed by atoms with Crippen molar-refractivity contribution in [3.63, 3.8) is 0 Å². The number of halogens is 1. The van der Waals surface area contributed by atoms with Crippen molar-refractivity contribution in [2.45, 2.75) is 10.9 Å². The number of sulfonamides is 1. The van der Waals surface area contributed by atoms with Crippen molar-refractivity contribution < 1.29 is 13.3 Å². The highest BCUT2D eigenvalue weighted by Crippen LogP contribution is 2.34. The maximum Gasteiger partial charge on any atom is 0.289 e. The summed E-state index contributed by atoms with van der Waals surface area (Å²) in [6.07, 6.45) is 3.19. The molecule has 0 spiro atoms. The lowest BCUT2D eigenvalue weighted by atomic mass is 10.1. The smallest absolute Gasteiger partial charge is 0.289 e. The van der Waals surface area contributed by atoms with E-state index in [-0.39, 0.29) is 11.6 Å². The summed E-state index contributed by atoms with van der Waals surface area (Å²) >= 11 is 5.89. The molecule has 1 aromatic heterocycles. The maximum absolute atomic E-state index is 13.2. The molecule has 0 saturated carbocycles. The second kappa shape index (κ2) is 7.04. The molecule has 1 aliphatic heterocycles. The first-order chi connectivity index (χ1) is 11.9. The third kappa shape index (κ3) is 3.49. The topological polar surface area (TPSA) is 105 Å². The SMILES string of the molecule is O=[N+]([O-])c1ccc(Cl)cc1S(=O)(=O)N1CCNCC1c1cccnc1. The summed E-state index contributed by atoms with van der Waals surface area (Å²) in [6.45, 7) is 1.02. The predicted molar refractivity (Wildman–Crippen MR) is 91.8 cm³/mol. The number of nitro benzene ring substituents is 1. The van der Waals surface area contributed by atoms with Crippen LogP contribution in [-0.2, 0) is 10.0 Å². The molecule has 1 aliphatic rings. The number of nitro groups is 1. The van der Waals surface area contributed by atoms with Gasteiger partial charge in [-0.25, -0.2) is 8.42 Å². The van der Waals surface area contributed by atoms with Crippen molar-refractivity contribution >= 4 is 27.3 Å². The van der Waals surface area contributed by atoms with Crippen LogP contribution in [-0.4, -0.2) is 42.3 Å². The molecule has 10 heteroatoms. The Labute approximate surface area is 149 Å². The minimum absolute atomic E-state index is 0.122. The van der Waals surface area contributed by atoms with Crippen molar-refractivity contribution in [2.24, 2.45) is 0 Å². The minimum Gasteiger partial charge on any atom is -0.313 e. The lowest BCUT2D eigenvalue weighted by Crippen LogP contribution is -2.48. The standard InChI is InChI=1S/C15H15ClN4O4S/c16-12-3-4-13(20(21)22)15(8-12)25(23,24)19-7-6-18-10-14(19)11-2-1-5-17-9-11/h1-5,8-9,14,18H,6-7,10H2. The Hall–Kier alpha value is -2.07. The van der Waals surface area contributed by atoms with Crippen LogP contribution >= 0.6 is 11.6 Å². The predicted octanol–water partition coefficient (Wildman–Crippen LogP) is 1.98. The Morgan fingerprint density at radius 2 is 2.16 bits per heavy atom. The first-order valence-corrected chi connectivity index (χ1v) is 9.29. The van der Waals surface area contributed by atoms with Crippen LogP contribution in [0.15, 0.2) is 47.6 Å². The van der Waals surface area contributed by atoms with Crippen molar-refractivity contribution in [3.05, 3.63) is 63.4 Å². The molecule has 1 saturated heterocycles. The lowest BCUT2D eigenvalue weighted by Gasteiger charge is -2.35. The Bertz CT molecular complexity index is 892. The van der Waals surface area contributed by atoms with Gasteiger partial charge in [-0.15, -0.1) is 0 Å². The van der Waals surface area contributed by atoms with Crippen LogP contribution in [0.5, 0.6) is 0 Å². The van der Waals surface area contributed by atoms with E-state index in [1.165, 1.54) is 10.4 Å². The Kier molecular flexibility index (Phi) is 5.00. The number of hydrogen-bond acceptors (Lipinski definition) is 6. The van der Waals surface area contributed by atoms with Gasteiger partial charge in [0.05, 0.1) is 11.0 Å². The quantitative estimate of drug-likeness (QED) is 0.640. The van der Waals surface area contributed by atoms with Gasteiger partial charge in [0, 0.05) is 43.1 Å². The molecular weight excluding hydrogens is 368 g/mol. The fraction of sp³-hybridized carbons (Fsp3) is 0.267. The van der Waals surface area contributed by atoms with E-state index < -0.39 is 31.6 Å². The van der Waals surface area contributed by atoms with Crippen LogP contribution in [0.4, 0.5) is 5.69 Å². The highest BCUT2D eigenvalue weighted by atomic mass is 35.5. The molecule has 1 aromatic carbocycles. The Morgan fingerprint density at radius 3 is 2.84 bits per heavy atom. The molecule has 2 aromatic rings. The van der Waals surface area contributed by atoms with Crippen LogP contribution in [0.2, 0.25) is 5.02 Å². The van der Waals surface area contributed by atoms with E-state index >= 15 is 0 Å². The molecule has 8 nitrogen and oxygen atoms in total. The fourth-order valence-corrected chi connectivity index (χ4v) is 4.84. The lowest BCUT2D eigenvalue weighted by molar-refractivity contribution is -0.387. The van der Waals surface area contributed by atoms with Gasteiger partial charge in [-0.2, -0.15) is 4.31 Å². The zero-order valence-electron chi connectivity index (χ0n) is 13.0. The summed E-state index contributed by atoms with van der Waals surface area (Å²) in [6, 6.07) is 6.52. The number of rotatable bonds is 4. The first-order valence-electron chi connectivity index (χ1n) is 7.47. The molecule has 1 fully saturated rings. The normalized spacial score (nSPS) is 18.8. The van der Waals surface area contributed by atoms with Gasteiger partial charge in [0.1, 0.15) is 0 Å². The summed E-state index contributed by atoms with van der Waals surface area (Å²) in [5, 5.41) is 14.5. The van der Waals surface area contributed by atoms with Gasteiger partial charge >= 0.3 is 0 Å². The fourth-order valence-electron chi connectivity index (χ4n) is 2.80.